The molecule has 2 nitrogen and oxygen atoms in total. The first-order chi connectivity index (χ1) is 6.94. The fourth-order valence-electron chi connectivity index (χ4n) is 2.30. The molecule has 1 rings (SSSR count). The molecule has 1 atom stereocenters. The third kappa shape index (κ3) is 4.33. The SMILES string of the molecule is CC(C)CC(CN)N1CCSC(C)(C)C1. The molecular weight excluding hydrogens is 204 g/mol. The molecule has 1 fully saturated rings. The quantitative estimate of drug-likeness (QED) is 0.803. The highest BCUT2D eigenvalue weighted by atomic mass is 32.2. The molecule has 1 aliphatic heterocycles. The van der Waals surface area contributed by atoms with Gasteiger partial charge in [0.2, 0.25) is 0 Å². The summed E-state index contributed by atoms with van der Waals surface area (Å²) in [4.78, 5) is 2.59. The Morgan fingerprint density at radius 2 is 2.07 bits per heavy atom. The molecule has 0 aliphatic carbocycles. The van der Waals surface area contributed by atoms with Gasteiger partial charge in [0, 0.05) is 36.2 Å². The van der Waals surface area contributed by atoms with Crippen LogP contribution in [0.4, 0.5) is 0 Å². The molecule has 1 aliphatic rings. The van der Waals surface area contributed by atoms with Crippen LogP contribution in [0, 0.1) is 5.92 Å². The molecule has 1 saturated heterocycles. The molecule has 0 saturated carbocycles. The summed E-state index contributed by atoms with van der Waals surface area (Å²) < 4.78 is 0.405. The summed E-state index contributed by atoms with van der Waals surface area (Å²) in [5, 5.41) is 0. The van der Waals surface area contributed by atoms with Crippen LogP contribution in [0.15, 0.2) is 0 Å². The Hall–Kier alpha value is 0.270. The number of nitrogens with zero attached hydrogens (tertiary/aromatic N) is 1. The van der Waals surface area contributed by atoms with Gasteiger partial charge >= 0.3 is 0 Å². The lowest BCUT2D eigenvalue weighted by Crippen LogP contribution is -2.51. The second kappa shape index (κ2) is 5.55. The topological polar surface area (TPSA) is 29.3 Å². The first-order valence-electron chi connectivity index (χ1n) is 6.02. The van der Waals surface area contributed by atoms with Crippen LogP contribution in [0.1, 0.15) is 34.1 Å². The van der Waals surface area contributed by atoms with Crippen molar-refractivity contribution in [3.05, 3.63) is 0 Å². The maximum absolute atomic E-state index is 5.89. The van der Waals surface area contributed by atoms with Gasteiger partial charge in [-0.05, 0) is 26.2 Å². The molecule has 0 radical (unpaired) electrons. The Morgan fingerprint density at radius 1 is 1.40 bits per heavy atom. The molecule has 90 valence electrons. The Balaban J connectivity index is 2.52. The number of hydrogen-bond donors (Lipinski definition) is 1. The zero-order valence-electron chi connectivity index (χ0n) is 10.6. The number of thioether (sulfide) groups is 1. The zero-order chi connectivity index (χ0) is 11.5. The molecule has 2 N–H and O–H groups in total. The van der Waals surface area contributed by atoms with Crippen molar-refractivity contribution < 1.29 is 0 Å². The summed E-state index contributed by atoms with van der Waals surface area (Å²) in [5.74, 6) is 2.00. The van der Waals surface area contributed by atoms with Crippen LogP contribution >= 0.6 is 11.8 Å². The third-order valence-corrected chi connectivity index (χ3v) is 4.28. The molecule has 0 aromatic rings. The van der Waals surface area contributed by atoms with E-state index in [1.807, 2.05) is 0 Å². The average Bonchev–Trinajstić information content (AvgIpc) is 2.12. The highest BCUT2D eigenvalue weighted by Crippen LogP contribution is 2.31. The lowest BCUT2D eigenvalue weighted by molar-refractivity contribution is 0.170. The van der Waals surface area contributed by atoms with Gasteiger partial charge in [0.15, 0.2) is 0 Å². The Kier molecular flexibility index (Phi) is 4.94. The third-order valence-electron chi connectivity index (χ3n) is 2.99. The smallest absolute Gasteiger partial charge is 0.0231 e. The minimum atomic E-state index is 0.405. The fourth-order valence-corrected chi connectivity index (χ4v) is 3.44. The molecule has 0 spiro atoms. The van der Waals surface area contributed by atoms with Crippen LogP contribution in [0.25, 0.3) is 0 Å². The Labute approximate surface area is 99.0 Å². The van der Waals surface area contributed by atoms with Gasteiger partial charge in [-0.1, -0.05) is 13.8 Å². The second-order valence-electron chi connectivity index (χ2n) is 5.60. The Morgan fingerprint density at radius 3 is 2.53 bits per heavy atom. The fraction of sp³-hybridized carbons (Fsp3) is 1.00. The average molecular weight is 230 g/mol. The van der Waals surface area contributed by atoms with E-state index in [-0.39, 0.29) is 0 Å². The van der Waals surface area contributed by atoms with Crippen molar-refractivity contribution in [3.8, 4) is 0 Å². The van der Waals surface area contributed by atoms with Crippen molar-refractivity contribution >= 4 is 11.8 Å². The van der Waals surface area contributed by atoms with Crippen molar-refractivity contribution in [1.82, 2.24) is 4.90 Å². The summed E-state index contributed by atoms with van der Waals surface area (Å²) in [5.41, 5.74) is 5.89. The zero-order valence-corrected chi connectivity index (χ0v) is 11.4. The predicted octanol–water partition coefficient (Wildman–Crippen LogP) is 2.19. The summed E-state index contributed by atoms with van der Waals surface area (Å²) >= 11 is 2.09. The maximum atomic E-state index is 5.89. The molecule has 3 heteroatoms. The number of rotatable bonds is 4. The largest absolute Gasteiger partial charge is 0.329 e. The van der Waals surface area contributed by atoms with Crippen LogP contribution in [0.5, 0.6) is 0 Å². The van der Waals surface area contributed by atoms with E-state index in [1.54, 1.807) is 0 Å². The van der Waals surface area contributed by atoms with Gasteiger partial charge < -0.3 is 5.73 Å². The van der Waals surface area contributed by atoms with E-state index in [4.69, 9.17) is 5.73 Å². The van der Waals surface area contributed by atoms with E-state index in [1.165, 1.54) is 25.3 Å². The van der Waals surface area contributed by atoms with Crippen molar-refractivity contribution in [2.45, 2.75) is 44.9 Å². The minimum absolute atomic E-state index is 0.405. The molecule has 1 unspecified atom stereocenters. The van der Waals surface area contributed by atoms with Gasteiger partial charge in [-0.3, -0.25) is 4.90 Å². The van der Waals surface area contributed by atoms with Crippen molar-refractivity contribution in [3.63, 3.8) is 0 Å². The van der Waals surface area contributed by atoms with Gasteiger partial charge in [-0.25, -0.2) is 0 Å². The molecule has 1 heterocycles. The number of nitrogens with two attached hydrogens (primary N) is 1. The minimum Gasteiger partial charge on any atom is -0.329 e. The van der Waals surface area contributed by atoms with E-state index in [0.717, 1.165) is 12.5 Å². The summed E-state index contributed by atoms with van der Waals surface area (Å²) in [6, 6.07) is 0.588. The standard InChI is InChI=1S/C12H26N2S/c1-10(2)7-11(8-13)14-5-6-15-12(3,4)9-14/h10-11H,5-9,13H2,1-4H3. The normalized spacial score (nSPS) is 24.4. The van der Waals surface area contributed by atoms with Crippen molar-refractivity contribution in [1.29, 1.82) is 0 Å². The highest BCUT2D eigenvalue weighted by molar-refractivity contribution is 8.00. The monoisotopic (exact) mass is 230 g/mol. The van der Waals surface area contributed by atoms with Gasteiger partial charge in [-0.2, -0.15) is 11.8 Å². The van der Waals surface area contributed by atoms with E-state index in [2.05, 4.69) is 44.4 Å². The van der Waals surface area contributed by atoms with Crippen LogP contribution in [0.3, 0.4) is 0 Å². The highest BCUT2D eigenvalue weighted by Gasteiger charge is 2.30. The van der Waals surface area contributed by atoms with E-state index < -0.39 is 0 Å². The van der Waals surface area contributed by atoms with E-state index in [9.17, 15) is 0 Å². The van der Waals surface area contributed by atoms with Crippen LogP contribution < -0.4 is 5.73 Å². The summed E-state index contributed by atoms with van der Waals surface area (Å²) in [7, 11) is 0. The first-order valence-corrected chi connectivity index (χ1v) is 7.01. The van der Waals surface area contributed by atoms with Gasteiger partial charge in [-0.15, -0.1) is 0 Å². The molecule has 0 amide bonds. The predicted molar refractivity (Wildman–Crippen MR) is 70.4 cm³/mol. The molecule has 0 aromatic carbocycles. The van der Waals surface area contributed by atoms with Crippen LogP contribution in [-0.2, 0) is 0 Å². The lowest BCUT2D eigenvalue weighted by atomic mass is 10.0. The van der Waals surface area contributed by atoms with Gasteiger partial charge in [0.1, 0.15) is 0 Å². The first kappa shape index (κ1) is 13.3. The van der Waals surface area contributed by atoms with E-state index >= 15 is 0 Å². The lowest BCUT2D eigenvalue weighted by Gasteiger charge is -2.42. The van der Waals surface area contributed by atoms with Crippen molar-refractivity contribution in [2.75, 3.05) is 25.4 Å². The number of hydrogen-bond acceptors (Lipinski definition) is 3. The Bertz CT molecular complexity index is 192. The molecular formula is C12H26N2S. The van der Waals surface area contributed by atoms with Gasteiger partial charge in [0.25, 0.3) is 0 Å². The van der Waals surface area contributed by atoms with Crippen LogP contribution in [-0.4, -0.2) is 41.1 Å². The summed E-state index contributed by atoms with van der Waals surface area (Å²) in [6.07, 6.45) is 1.23. The maximum Gasteiger partial charge on any atom is 0.0231 e. The second-order valence-corrected chi connectivity index (χ2v) is 7.40. The van der Waals surface area contributed by atoms with Crippen molar-refractivity contribution in [2.24, 2.45) is 11.7 Å². The molecule has 0 bridgehead atoms. The van der Waals surface area contributed by atoms with Crippen LogP contribution in [0.2, 0.25) is 0 Å². The van der Waals surface area contributed by atoms with Gasteiger partial charge in [0.05, 0.1) is 0 Å². The summed E-state index contributed by atoms with van der Waals surface area (Å²) in [6.45, 7) is 12.5. The molecule has 0 aromatic heterocycles. The van der Waals surface area contributed by atoms with E-state index in [0.29, 0.717) is 10.8 Å². The molecule has 15 heavy (non-hydrogen) atoms.